The van der Waals surface area contributed by atoms with Crippen LogP contribution in [0.25, 0.3) is 10.8 Å². The van der Waals surface area contributed by atoms with Gasteiger partial charge in [0.2, 0.25) is 0 Å². The van der Waals surface area contributed by atoms with Crippen LogP contribution in [-0.4, -0.2) is 33.1 Å². The first kappa shape index (κ1) is 34.7. The molecule has 6 aromatic rings. The SMILES string of the molecule is COC(=O)C1(C(=O)OC)Cc2c(C)c(C)c(B3N(Cc4ccccc4)c4cccc5cccc(c45)N3P(c3ccccc3)c3ccccc3)c(C)c2C1. The van der Waals surface area contributed by atoms with Crippen molar-refractivity contribution in [2.45, 2.75) is 40.2 Å². The molecule has 6 aromatic carbocycles. The Kier molecular flexibility index (Phi) is 9.08. The molecule has 0 saturated heterocycles. The lowest BCUT2D eigenvalue weighted by Gasteiger charge is -2.49. The third kappa shape index (κ3) is 5.61. The summed E-state index contributed by atoms with van der Waals surface area (Å²) in [6, 6.07) is 45.7. The van der Waals surface area contributed by atoms with Gasteiger partial charge < -0.3 is 18.9 Å². The third-order valence-corrected chi connectivity index (χ3v) is 13.8. The maximum absolute atomic E-state index is 13.5. The van der Waals surface area contributed by atoms with Crippen LogP contribution in [0.3, 0.4) is 0 Å². The Bertz CT molecular complexity index is 2290. The van der Waals surface area contributed by atoms with Gasteiger partial charge in [-0.2, -0.15) is 0 Å². The second kappa shape index (κ2) is 13.9. The Morgan fingerprint density at radius 1 is 0.642 bits per heavy atom. The molecule has 1 aliphatic heterocycles. The highest BCUT2D eigenvalue weighted by molar-refractivity contribution is 7.76. The molecular weight excluding hydrogens is 674 g/mol. The Balaban J connectivity index is 1.46. The van der Waals surface area contributed by atoms with Gasteiger partial charge in [0.25, 0.3) is 0 Å². The van der Waals surface area contributed by atoms with E-state index < -0.39 is 25.4 Å². The molecule has 0 fully saturated rings. The van der Waals surface area contributed by atoms with Gasteiger partial charge in [0.15, 0.2) is 5.41 Å². The van der Waals surface area contributed by atoms with Crippen LogP contribution in [-0.2, 0) is 38.4 Å². The first-order valence-corrected chi connectivity index (χ1v) is 19.4. The van der Waals surface area contributed by atoms with Crippen LogP contribution in [0.15, 0.2) is 127 Å². The maximum atomic E-state index is 13.5. The number of methoxy groups -OCH3 is 2. The highest BCUT2D eigenvalue weighted by atomic mass is 31.1. The zero-order valence-electron chi connectivity index (χ0n) is 30.8. The molecule has 0 amide bonds. The Morgan fingerprint density at radius 3 is 1.70 bits per heavy atom. The maximum Gasteiger partial charge on any atom is 0.416 e. The van der Waals surface area contributed by atoms with Crippen molar-refractivity contribution in [1.82, 2.24) is 0 Å². The molecule has 8 heteroatoms. The van der Waals surface area contributed by atoms with Crippen molar-refractivity contribution in [3.63, 3.8) is 0 Å². The molecule has 2 aliphatic rings. The molecular formula is C45H42BN2O4P. The van der Waals surface area contributed by atoms with Crippen LogP contribution in [0.5, 0.6) is 0 Å². The van der Waals surface area contributed by atoms with E-state index in [-0.39, 0.29) is 19.8 Å². The molecule has 1 heterocycles. The molecule has 53 heavy (non-hydrogen) atoms. The van der Waals surface area contributed by atoms with E-state index in [2.05, 4.69) is 158 Å². The second-order valence-corrected chi connectivity index (χ2v) is 16.2. The predicted molar refractivity (Wildman–Crippen MR) is 218 cm³/mol. The summed E-state index contributed by atoms with van der Waals surface area (Å²) >= 11 is 0. The van der Waals surface area contributed by atoms with Crippen molar-refractivity contribution >= 4 is 65.2 Å². The summed E-state index contributed by atoms with van der Waals surface area (Å²) in [4.78, 5) is 29.6. The van der Waals surface area contributed by atoms with Crippen molar-refractivity contribution in [1.29, 1.82) is 0 Å². The summed E-state index contributed by atoms with van der Waals surface area (Å²) in [5.41, 5.74) is 8.73. The summed E-state index contributed by atoms with van der Waals surface area (Å²) in [5.74, 6) is -1.11. The van der Waals surface area contributed by atoms with Crippen LogP contribution in [0.4, 0.5) is 11.4 Å². The van der Waals surface area contributed by atoms with Gasteiger partial charge in [-0.1, -0.05) is 115 Å². The topological polar surface area (TPSA) is 59.1 Å². The van der Waals surface area contributed by atoms with Gasteiger partial charge in [-0.15, -0.1) is 0 Å². The number of benzene rings is 6. The van der Waals surface area contributed by atoms with E-state index in [0.717, 1.165) is 27.8 Å². The van der Waals surface area contributed by atoms with Gasteiger partial charge in [0, 0.05) is 44.2 Å². The smallest absolute Gasteiger partial charge is 0.416 e. The molecule has 0 saturated carbocycles. The zero-order valence-corrected chi connectivity index (χ0v) is 31.7. The molecule has 8 rings (SSSR count). The van der Waals surface area contributed by atoms with Crippen molar-refractivity contribution in [3.05, 3.63) is 161 Å². The monoisotopic (exact) mass is 716 g/mol. The number of esters is 2. The highest BCUT2D eigenvalue weighted by Crippen LogP contribution is 2.52. The molecule has 0 unspecified atom stereocenters. The number of anilines is 2. The third-order valence-electron chi connectivity index (χ3n) is 11.4. The number of nitrogens with zero attached hydrogens (tertiary/aromatic N) is 2. The van der Waals surface area contributed by atoms with Gasteiger partial charge in [0.05, 0.1) is 14.2 Å². The fourth-order valence-electron chi connectivity index (χ4n) is 8.73. The Labute approximate surface area is 313 Å². The minimum Gasteiger partial charge on any atom is -0.468 e. The van der Waals surface area contributed by atoms with Crippen molar-refractivity contribution in [2.75, 3.05) is 23.6 Å². The fourth-order valence-corrected chi connectivity index (χ4v) is 11.3. The number of carbonyl (C=O) groups excluding carboxylic acids is 2. The van der Waals surface area contributed by atoms with Gasteiger partial charge in [-0.25, -0.2) is 0 Å². The number of fused-ring (bicyclic) bond motifs is 1. The summed E-state index contributed by atoms with van der Waals surface area (Å²) in [6.45, 7) is 6.95. The first-order valence-electron chi connectivity index (χ1n) is 18.1. The average molecular weight is 717 g/mol. The van der Waals surface area contributed by atoms with E-state index >= 15 is 0 Å². The average Bonchev–Trinajstić information content (AvgIpc) is 3.63. The quantitative estimate of drug-likeness (QED) is 0.0706. The molecule has 0 radical (unpaired) electrons. The van der Waals surface area contributed by atoms with E-state index in [4.69, 9.17) is 9.47 Å². The van der Waals surface area contributed by atoms with E-state index in [1.54, 1.807) is 0 Å². The number of hydrogen-bond donors (Lipinski definition) is 0. The molecule has 0 aromatic heterocycles. The normalized spacial score (nSPS) is 14.4. The summed E-state index contributed by atoms with van der Waals surface area (Å²) in [5, 5.41) is 4.92. The van der Waals surface area contributed by atoms with Gasteiger partial charge >= 0.3 is 18.9 Å². The first-order chi connectivity index (χ1) is 25.8. The summed E-state index contributed by atoms with van der Waals surface area (Å²) in [6.07, 6.45) is 0.478. The second-order valence-electron chi connectivity index (χ2n) is 14.1. The van der Waals surface area contributed by atoms with Gasteiger partial charge in [-0.3, -0.25) is 9.59 Å². The van der Waals surface area contributed by atoms with Crippen molar-refractivity contribution < 1.29 is 19.1 Å². The standard InChI is InChI=1S/C45H42BN2O4P/c1-30-31(2)42(32(3)38-28-45(27-37(30)38,43(49)51-4)44(50)52-5)46-47(29-33-17-9-6-10-18-33)39-25-15-19-34-20-16-26-40(41(34)39)48(46)53(35-21-11-7-12-22-35)36-23-13-8-14-24-36/h6-26H,27-29H2,1-5H3. The lowest BCUT2D eigenvalue weighted by atomic mass is 9.58. The summed E-state index contributed by atoms with van der Waals surface area (Å²) in [7, 11) is 1.57. The van der Waals surface area contributed by atoms with Crippen molar-refractivity contribution in [2.24, 2.45) is 5.41 Å². The van der Waals surface area contributed by atoms with E-state index in [9.17, 15) is 9.59 Å². The van der Waals surface area contributed by atoms with E-state index in [1.165, 1.54) is 58.0 Å². The Morgan fingerprint density at radius 2 is 1.15 bits per heavy atom. The Hall–Kier alpha value is -5.39. The molecule has 1 aliphatic carbocycles. The number of hydrogen-bond acceptors (Lipinski definition) is 6. The van der Waals surface area contributed by atoms with Crippen molar-refractivity contribution in [3.8, 4) is 0 Å². The molecule has 0 spiro atoms. The van der Waals surface area contributed by atoms with Crippen LogP contribution in [0.1, 0.15) is 33.4 Å². The molecule has 0 N–H and O–H groups in total. The number of carbonyl (C=O) groups is 2. The van der Waals surface area contributed by atoms with Gasteiger partial charge in [0.1, 0.15) is 0 Å². The number of rotatable bonds is 8. The largest absolute Gasteiger partial charge is 0.468 e. The van der Waals surface area contributed by atoms with Gasteiger partial charge in [-0.05, 0) is 87.7 Å². The molecule has 0 bridgehead atoms. The van der Waals surface area contributed by atoms with E-state index in [1.807, 2.05) is 0 Å². The zero-order chi connectivity index (χ0) is 36.9. The minimum atomic E-state index is -1.43. The number of ether oxygens (including phenoxy) is 2. The summed E-state index contributed by atoms with van der Waals surface area (Å²) < 4.78 is 13.3. The van der Waals surface area contributed by atoms with Crippen LogP contribution < -0.4 is 25.5 Å². The highest BCUT2D eigenvalue weighted by Gasteiger charge is 2.55. The lowest BCUT2D eigenvalue weighted by Crippen LogP contribution is -2.63. The van der Waals surface area contributed by atoms with Crippen LogP contribution in [0, 0.1) is 26.2 Å². The molecule has 0 atom stereocenters. The predicted octanol–water partition coefficient (Wildman–Crippen LogP) is 7.47. The minimum absolute atomic E-state index is 0.228. The van der Waals surface area contributed by atoms with Crippen LogP contribution in [0.2, 0.25) is 0 Å². The fraction of sp³-hybridized carbons (Fsp3) is 0.200. The molecule has 264 valence electrons. The lowest BCUT2D eigenvalue weighted by molar-refractivity contribution is -0.168. The van der Waals surface area contributed by atoms with Crippen LogP contribution >= 0.6 is 8.07 Å². The molecule has 6 nitrogen and oxygen atoms in total. The van der Waals surface area contributed by atoms with E-state index in [0.29, 0.717) is 6.54 Å².